The molecule has 1 atom stereocenters. The molecule has 1 aliphatic rings. The fraction of sp³-hybridized carbons (Fsp3) is 0.533. The molecule has 1 aromatic carbocycles. The van der Waals surface area contributed by atoms with Crippen LogP contribution in [0.2, 0.25) is 0 Å². The van der Waals surface area contributed by atoms with E-state index in [4.69, 9.17) is 4.74 Å². The molecule has 3 heteroatoms. The molecule has 2 rings (SSSR count). The summed E-state index contributed by atoms with van der Waals surface area (Å²) >= 11 is 0. The van der Waals surface area contributed by atoms with Crippen molar-refractivity contribution in [2.75, 3.05) is 20.3 Å². The highest BCUT2D eigenvalue weighted by Crippen LogP contribution is 2.19. The van der Waals surface area contributed by atoms with E-state index in [0.29, 0.717) is 13.0 Å². The molecule has 0 N–H and O–H groups in total. The van der Waals surface area contributed by atoms with Crippen molar-refractivity contribution < 1.29 is 9.53 Å². The van der Waals surface area contributed by atoms with Crippen LogP contribution in [0, 0.1) is 6.92 Å². The number of rotatable bonds is 4. The van der Waals surface area contributed by atoms with Gasteiger partial charge in [0.1, 0.15) is 0 Å². The van der Waals surface area contributed by atoms with Crippen molar-refractivity contribution in [1.29, 1.82) is 0 Å². The number of methoxy groups -OCH3 is 1. The average molecular weight is 247 g/mol. The van der Waals surface area contributed by atoms with Gasteiger partial charge < -0.3 is 9.64 Å². The Morgan fingerprint density at radius 3 is 2.78 bits per heavy atom. The van der Waals surface area contributed by atoms with Gasteiger partial charge in [0.2, 0.25) is 5.91 Å². The first kappa shape index (κ1) is 13.1. The second-order valence-corrected chi connectivity index (χ2v) is 5.00. The van der Waals surface area contributed by atoms with Crippen molar-refractivity contribution in [1.82, 2.24) is 4.90 Å². The molecule has 1 amide bonds. The summed E-state index contributed by atoms with van der Waals surface area (Å²) in [6.07, 6.45) is 2.65. The largest absolute Gasteiger partial charge is 0.383 e. The van der Waals surface area contributed by atoms with Gasteiger partial charge in [0.25, 0.3) is 0 Å². The lowest BCUT2D eigenvalue weighted by molar-refractivity contribution is -0.132. The predicted molar refractivity (Wildman–Crippen MR) is 71.5 cm³/mol. The molecule has 18 heavy (non-hydrogen) atoms. The molecule has 1 heterocycles. The number of nitrogens with zero attached hydrogens (tertiary/aromatic N) is 1. The monoisotopic (exact) mass is 247 g/mol. The van der Waals surface area contributed by atoms with Gasteiger partial charge in [0.05, 0.1) is 19.1 Å². The van der Waals surface area contributed by atoms with E-state index < -0.39 is 0 Å². The van der Waals surface area contributed by atoms with Crippen LogP contribution in [0.4, 0.5) is 0 Å². The summed E-state index contributed by atoms with van der Waals surface area (Å²) in [4.78, 5) is 14.2. The third kappa shape index (κ3) is 3.10. The van der Waals surface area contributed by atoms with E-state index >= 15 is 0 Å². The van der Waals surface area contributed by atoms with Crippen molar-refractivity contribution >= 4 is 5.91 Å². The summed E-state index contributed by atoms with van der Waals surface area (Å²) in [5.74, 6) is 0.221. The first-order valence-electron chi connectivity index (χ1n) is 6.54. The zero-order valence-corrected chi connectivity index (χ0v) is 11.2. The quantitative estimate of drug-likeness (QED) is 0.816. The lowest BCUT2D eigenvalue weighted by atomic mass is 10.1. The van der Waals surface area contributed by atoms with Crippen LogP contribution >= 0.6 is 0 Å². The molecule has 1 fully saturated rings. The third-order valence-electron chi connectivity index (χ3n) is 3.53. The number of aryl methyl sites for hydroxylation is 1. The van der Waals surface area contributed by atoms with Gasteiger partial charge in [-0.05, 0) is 25.3 Å². The topological polar surface area (TPSA) is 29.5 Å². The number of ether oxygens (including phenoxy) is 1. The highest BCUT2D eigenvalue weighted by atomic mass is 16.5. The smallest absolute Gasteiger partial charge is 0.227 e. The van der Waals surface area contributed by atoms with Gasteiger partial charge in [-0.1, -0.05) is 29.8 Å². The summed E-state index contributed by atoms with van der Waals surface area (Å²) in [6, 6.07) is 8.45. The van der Waals surface area contributed by atoms with Crippen LogP contribution in [0.3, 0.4) is 0 Å². The summed E-state index contributed by atoms with van der Waals surface area (Å²) in [5.41, 5.74) is 2.32. The normalized spacial score (nSPS) is 19.2. The summed E-state index contributed by atoms with van der Waals surface area (Å²) in [6.45, 7) is 3.58. The van der Waals surface area contributed by atoms with Crippen molar-refractivity contribution in [3.05, 3.63) is 35.4 Å². The summed E-state index contributed by atoms with van der Waals surface area (Å²) in [5, 5.41) is 0. The Kier molecular flexibility index (Phi) is 4.37. The molecular weight excluding hydrogens is 226 g/mol. The highest BCUT2D eigenvalue weighted by molar-refractivity contribution is 5.79. The molecule has 1 aromatic rings. The van der Waals surface area contributed by atoms with E-state index in [1.807, 2.05) is 17.0 Å². The molecule has 1 aliphatic heterocycles. The molecule has 1 saturated heterocycles. The molecular formula is C15H21NO2. The number of hydrogen-bond donors (Lipinski definition) is 0. The number of benzene rings is 1. The van der Waals surface area contributed by atoms with Crippen LogP contribution in [0.15, 0.2) is 24.3 Å². The highest BCUT2D eigenvalue weighted by Gasteiger charge is 2.28. The lowest BCUT2D eigenvalue weighted by Gasteiger charge is -2.24. The minimum absolute atomic E-state index is 0.221. The van der Waals surface area contributed by atoms with Gasteiger partial charge in [-0.25, -0.2) is 0 Å². The summed E-state index contributed by atoms with van der Waals surface area (Å²) in [7, 11) is 1.70. The van der Waals surface area contributed by atoms with Crippen LogP contribution in [-0.4, -0.2) is 37.1 Å². The van der Waals surface area contributed by atoms with Gasteiger partial charge in [-0.3, -0.25) is 4.79 Å². The first-order chi connectivity index (χ1) is 8.70. The van der Waals surface area contributed by atoms with Gasteiger partial charge in [-0.15, -0.1) is 0 Å². The maximum atomic E-state index is 12.3. The Balaban J connectivity index is 1.96. The van der Waals surface area contributed by atoms with E-state index in [0.717, 1.165) is 24.9 Å². The van der Waals surface area contributed by atoms with Crippen molar-refractivity contribution in [2.45, 2.75) is 32.2 Å². The van der Waals surface area contributed by atoms with Gasteiger partial charge in [0, 0.05) is 13.7 Å². The Morgan fingerprint density at radius 2 is 2.11 bits per heavy atom. The molecule has 0 spiro atoms. The minimum Gasteiger partial charge on any atom is -0.383 e. The lowest BCUT2D eigenvalue weighted by Crippen LogP contribution is -2.38. The van der Waals surface area contributed by atoms with E-state index in [1.165, 1.54) is 5.56 Å². The fourth-order valence-corrected chi connectivity index (χ4v) is 2.51. The average Bonchev–Trinajstić information content (AvgIpc) is 2.81. The Labute approximate surface area is 109 Å². The molecule has 0 radical (unpaired) electrons. The molecule has 0 saturated carbocycles. The van der Waals surface area contributed by atoms with Crippen molar-refractivity contribution in [3.63, 3.8) is 0 Å². The zero-order valence-electron chi connectivity index (χ0n) is 11.2. The molecule has 0 aromatic heterocycles. The molecule has 3 nitrogen and oxygen atoms in total. The van der Waals surface area contributed by atoms with Crippen molar-refractivity contribution in [2.24, 2.45) is 0 Å². The number of carbonyl (C=O) groups is 1. The van der Waals surface area contributed by atoms with E-state index in [9.17, 15) is 4.79 Å². The van der Waals surface area contributed by atoms with Crippen LogP contribution in [0.1, 0.15) is 24.0 Å². The first-order valence-corrected chi connectivity index (χ1v) is 6.54. The second kappa shape index (κ2) is 6.01. The van der Waals surface area contributed by atoms with Gasteiger partial charge in [-0.2, -0.15) is 0 Å². The van der Waals surface area contributed by atoms with E-state index in [-0.39, 0.29) is 11.9 Å². The Morgan fingerprint density at radius 1 is 1.39 bits per heavy atom. The molecule has 0 bridgehead atoms. The predicted octanol–water partition coefficient (Wildman–Crippen LogP) is 2.17. The Bertz CT molecular complexity index is 399. The number of carbonyl (C=O) groups excluding carboxylic acids is 1. The molecule has 98 valence electrons. The van der Waals surface area contributed by atoms with E-state index in [1.54, 1.807) is 7.11 Å². The second-order valence-electron chi connectivity index (χ2n) is 5.00. The third-order valence-corrected chi connectivity index (χ3v) is 3.53. The Hall–Kier alpha value is -1.35. The number of likely N-dealkylation sites (tertiary alicyclic amines) is 1. The van der Waals surface area contributed by atoms with Crippen LogP contribution in [-0.2, 0) is 16.0 Å². The van der Waals surface area contributed by atoms with Crippen LogP contribution < -0.4 is 0 Å². The van der Waals surface area contributed by atoms with Crippen LogP contribution in [0.25, 0.3) is 0 Å². The maximum Gasteiger partial charge on any atom is 0.227 e. The van der Waals surface area contributed by atoms with Gasteiger partial charge >= 0.3 is 0 Å². The van der Waals surface area contributed by atoms with Gasteiger partial charge in [0.15, 0.2) is 0 Å². The molecule has 0 unspecified atom stereocenters. The number of amides is 1. The fourth-order valence-electron chi connectivity index (χ4n) is 2.51. The maximum absolute atomic E-state index is 12.3. The zero-order chi connectivity index (χ0) is 13.0. The minimum atomic E-state index is 0.221. The van der Waals surface area contributed by atoms with Crippen molar-refractivity contribution in [3.8, 4) is 0 Å². The standard InChI is InChI=1S/C15H21NO2/c1-12-5-7-13(8-6-12)10-15(17)16-9-3-4-14(16)11-18-2/h5-8,14H,3-4,9-11H2,1-2H3/t14-/m0/s1. The number of hydrogen-bond acceptors (Lipinski definition) is 2. The summed E-state index contributed by atoms with van der Waals surface area (Å²) < 4.78 is 5.18. The molecule has 0 aliphatic carbocycles. The van der Waals surface area contributed by atoms with E-state index in [2.05, 4.69) is 19.1 Å². The van der Waals surface area contributed by atoms with Crippen LogP contribution in [0.5, 0.6) is 0 Å². The SMILES string of the molecule is COC[C@@H]1CCCN1C(=O)Cc1ccc(C)cc1.